The summed E-state index contributed by atoms with van der Waals surface area (Å²) in [6.07, 6.45) is 4.08. The summed E-state index contributed by atoms with van der Waals surface area (Å²) < 4.78 is 7.54. The van der Waals surface area contributed by atoms with E-state index in [1.165, 1.54) is 18.9 Å². The molecule has 1 fully saturated rings. The molecule has 2 aromatic heterocycles. The molecule has 1 saturated carbocycles. The summed E-state index contributed by atoms with van der Waals surface area (Å²) >= 11 is 5.98. The van der Waals surface area contributed by atoms with Crippen LogP contribution in [0.2, 0.25) is 5.02 Å². The lowest BCUT2D eigenvalue weighted by Crippen LogP contribution is -2.25. The van der Waals surface area contributed by atoms with Gasteiger partial charge in [0.1, 0.15) is 12.4 Å². The van der Waals surface area contributed by atoms with Crippen LogP contribution >= 0.6 is 11.6 Å². The molecule has 4 rings (SSSR count). The summed E-state index contributed by atoms with van der Waals surface area (Å²) in [7, 11) is 0. The predicted octanol–water partition coefficient (Wildman–Crippen LogP) is 5.15. The number of nitrogens with zero attached hydrogens (tertiary/aromatic N) is 2. The molecule has 1 aliphatic rings. The molecule has 5 heteroatoms. The Morgan fingerprint density at radius 3 is 2.63 bits per heavy atom. The Morgan fingerprint density at radius 2 is 1.97 bits per heavy atom. The number of hydrogen-bond donors (Lipinski definition) is 0. The van der Waals surface area contributed by atoms with E-state index in [4.69, 9.17) is 16.3 Å². The van der Waals surface area contributed by atoms with Crippen LogP contribution in [0.1, 0.15) is 48.3 Å². The van der Waals surface area contributed by atoms with E-state index in [0.717, 1.165) is 16.8 Å². The van der Waals surface area contributed by atoms with E-state index >= 15 is 0 Å². The highest BCUT2D eigenvalue weighted by Crippen LogP contribution is 2.27. The van der Waals surface area contributed by atoms with E-state index in [0.29, 0.717) is 22.4 Å². The second kappa shape index (κ2) is 8.77. The molecule has 0 radical (unpaired) electrons. The van der Waals surface area contributed by atoms with E-state index in [2.05, 4.69) is 16.8 Å². The second-order valence-electron chi connectivity index (χ2n) is 7.64. The second-order valence-corrected chi connectivity index (χ2v) is 8.07. The maximum Gasteiger partial charge on any atom is 0.254 e. The minimum absolute atomic E-state index is 0.0911. The van der Waals surface area contributed by atoms with Crippen molar-refractivity contribution in [3.8, 4) is 17.6 Å². The lowest BCUT2D eigenvalue weighted by Gasteiger charge is -2.19. The molecule has 0 spiro atoms. The number of ether oxygens (including phenoxy) is 1. The number of benzene rings is 1. The Labute approximate surface area is 181 Å². The first-order chi connectivity index (χ1) is 14.5. The fraction of sp³-hybridized carbons (Fsp3) is 0.280. The van der Waals surface area contributed by atoms with Crippen LogP contribution in [0.5, 0.6) is 5.75 Å². The quantitative estimate of drug-likeness (QED) is 0.538. The molecule has 4 nitrogen and oxygen atoms in total. The van der Waals surface area contributed by atoms with Gasteiger partial charge in [0, 0.05) is 34.5 Å². The molecule has 152 valence electrons. The van der Waals surface area contributed by atoms with Crippen LogP contribution in [0, 0.1) is 24.7 Å². The monoisotopic (exact) mass is 418 g/mol. The number of aryl methyl sites for hydroxylation is 1. The Kier molecular flexibility index (Phi) is 5.92. The Morgan fingerprint density at radius 1 is 1.20 bits per heavy atom. The summed E-state index contributed by atoms with van der Waals surface area (Å²) in [6, 6.07) is 14.9. The maximum atomic E-state index is 12.8. The average Bonchev–Trinajstić information content (AvgIpc) is 3.55. The number of hydrogen-bond acceptors (Lipinski definition) is 3. The molecule has 0 N–H and O–H groups in total. The van der Waals surface area contributed by atoms with Crippen molar-refractivity contribution in [2.45, 2.75) is 39.3 Å². The normalized spacial score (nSPS) is 14.0. The van der Waals surface area contributed by atoms with E-state index in [1.807, 2.05) is 44.2 Å². The first kappa shape index (κ1) is 20.3. The van der Waals surface area contributed by atoms with Gasteiger partial charge in [-0.15, -0.1) is 0 Å². The van der Waals surface area contributed by atoms with Crippen LogP contribution in [0.3, 0.4) is 0 Å². The van der Waals surface area contributed by atoms with Crippen LogP contribution < -0.4 is 10.3 Å². The molecule has 0 bridgehead atoms. The van der Waals surface area contributed by atoms with Crippen molar-refractivity contribution in [3.63, 3.8) is 0 Å². The molecule has 0 saturated heterocycles. The smallest absolute Gasteiger partial charge is 0.254 e. The Bertz CT molecular complexity index is 1170. The lowest BCUT2D eigenvalue weighted by atomic mass is 10.1. The van der Waals surface area contributed by atoms with Gasteiger partial charge in [0.25, 0.3) is 5.56 Å². The average molecular weight is 419 g/mol. The molecule has 1 atom stereocenters. The van der Waals surface area contributed by atoms with Crippen LogP contribution in [-0.4, -0.2) is 9.55 Å². The molecule has 30 heavy (non-hydrogen) atoms. The van der Waals surface area contributed by atoms with Gasteiger partial charge in [0.05, 0.1) is 11.7 Å². The topological polar surface area (TPSA) is 44.1 Å². The zero-order valence-electron chi connectivity index (χ0n) is 17.1. The van der Waals surface area contributed by atoms with E-state index in [1.54, 1.807) is 22.9 Å². The molecule has 0 aliphatic heterocycles. The first-order valence-corrected chi connectivity index (χ1v) is 10.5. The minimum Gasteiger partial charge on any atom is -0.487 e. The lowest BCUT2D eigenvalue weighted by molar-refractivity contribution is 0.299. The zero-order valence-corrected chi connectivity index (χ0v) is 17.8. The van der Waals surface area contributed by atoms with Crippen molar-refractivity contribution in [3.05, 3.63) is 92.6 Å². The van der Waals surface area contributed by atoms with Gasteiger partial charge in [-0.05, 0) is 62.6 Å². The van der Waals surface area contributed by atoms with Gasteiger partial charge in [-0.25, -0.2) is 0 Å². The van der Waals surface area contributed by atoms with Gasteiger partial charge in [0.2, 0.25) is 0 Å². The molecular formula is C25H23ClN2O2. The third-order valence-electron chi connectivity index (χ3n) is 5.18. The highest BCUT2D eigenvalue weighted by atomic mass is 35.5. The fourth-order valence-electron chi connectivity index (χ4n) is 3.35. The molecule has 0 unspecified atom stereocenters. The Balaban J connectivity index is 1.49. The van der Waals surface area contributed by atoms with Gasteiger partial charge in [-0.3, -0.25) is 9.78 Å². The van der Waals surface area contributed by atoms with Crippen molar-refractivity contribution in [1.82, 2.24) is 9.55 Å². The summed E-state index contributed by atoms with van der Waals surface area (Å²) in [5.41, 5.74) is 3.52. The van der Waals surface area contributed by atoms with Gasteiger partial charge >= 0.3 is 0 Å². The van der Waals surface area contributed by atoms with Crippen molar-refractivity contribution in [1.29, 1.82) is 0 Å². The van der Waals surface area contributed by atoms with Crippen LogP contribution in [0.25, 0.3) is 0 Å². The number of halogens is 1. The molecular weight excluding hydrogens is 396 g/mol. The van der Waals surface area contributed by atoms with E-state index in [9.17, 15) is 4.79 Å². The third kappa shape index (κ3) is 4.93. The number of aromatic nitrogens is 2. The zero-order chi connectivity index (χ0) is 21.1. The largest absolute Gasteiger partial charge is 0.487 e. The Hall–Kier alpha value is -3.03. The van der Waals surface area contributed by atoms with E-state index < -0.39 is 0 Å². The predicted molar refractivity (Wildman–Crippen MR) is 119 cm³/mol. The van der Waals surface area contributed by atoms with Crippen LogP contribution in [0.15, 0.2) is 59.5 Å². The van der Waals surface area contributed by atoms with Crippen LogP contribution in [0.4, 0.5) is 0 Å². The summed E-state index contributed by atoms with van der Waals surface area (Å²) in [5.74, 6) is 7.60. The SMILES string of the molecule is Cc1cc(OCc2cc(Cl)ccn2)cc(=O)n1[C@H](C)c1ccc(C#CC2CC2)cc1. The molecule has 0 amide bonds. The van der Waals surface area contributed by atoms with Gasteiger partial charge in [-0.1, -0.05) is 35.6 Å². The molecule has 1 aliphatic carbocycles. The van der Waals surface area contributed by atoms with Gasteiger partial charge < -0.3 is 9.30 Å². The standard InChI is InChI=1S/C25H23ClN2O2/c1-17-13-24(30-16-23-14-22(26)11-12-27-23)15-25(29)28(17)18(2)21-9-7-20(8-10-21)6-5-19-3-4-19/h7-15,18-19H,3-4,16H2,1-2H3/t18-/m1/s1. The van der Waals surface area contributed by atoms with Crippen molar-refractivity contribution >= 4 is 11.6 Å². The number of rotatable bonds is 5. The van der Waals surface area contributed by atoms with Crippen molar-refractivity contribution < 1.29 is 4.74 Å². The summed E-state index contributed by atoms with van der Waals surface area (Å²) in [6.45, 7) is 4.19. The van der Waals surface area contributed by atoms with Crippen LogP contribution in [-0.2, 0) is 6.61 Å². The summed E-state index contributed by atoms with van der Waals surface area (Å²) in [5, 5.41) is 0.605. The summed E-state index contributed by atoms with van der Waals surface area (Å²) in [4.78, 5) is 17.0. The van der Waals surface area contributed by atoms with E-state index in [-0.39, 0.29) is 18.2 Å². The maximum absolute atomic E-state index is 12.8. The molecule has 1 aromatic carbocycles. The first-order valence-electron chi connectivity index (χ1n) is 10.1. The van der Waals surface area contributed by atoms with Crippen molar-refractivity contribution in [2.75, 3.05) is 0 Å². The fourth-order valence-corrected chi connectivity index (χ4v) is 3.54. The van der Waals surface area contributed by atoms with Crippen molar-refractivity contribution in [2.24, 2.45) is 5.92 Å². The molecule has 3 aromatic rings. The minimum atomic E-state index is -0.103. The third-order valence-corrected chi connectivity index (χ3v) is 5.41. The highest BCUT2D eigenvalue weighted by molar-refractivity contribution is 6.30. The molecule has 2 heterocycles. The van der Waals surface area contributed by atoms with Gasteiger partial charge in [-0.2, -0.15) is 0 Å². The number of pyridine rings is 2. The highest BCUT2D eigenvalue weighted by Gasteiger charge is 2.18. The van der Waals surface area contributed by atoms with Gasteiger partial charge in [0.15, 0.2) is 0 Å².